The van der Waals surface area contributed by atoms with Crippen molar-refractivity contribution in [1.29, 1.82) is 0 Å². The molecule has 2 aromatic rings. The lowest BCUT2D eigenvalue weighted by molar-refractivity contribution is 0.155. The summed E-state index contributed by atoms with van der Waals surface area (Å²) in [5, 5.41) is 14.6. The van der Waals surface area contributed by atoms with Gasteiger partial charge in [0.05, 0.1) is 17.5 Å². The number of hydrogen-bond donors (Lipinski definition) is 2. The quantitative estimate of drug-likeness (QED) is 0.908. The van der Waals surface area contributed by atoms with E-state index < -0.39 is 0 Å². The molecule has 114 valence electrons. The van der Waals surface area contributed by atoms with E-state index in [0.717, 1.165) is 47.6 Å². The fourth-order valence-electron chi connectivity index (χ4n) is 3.17. The summed E-state index contributed by atoms with van der Waals surface area (Å²) in [6.07, 6.45) is 5.93. The van der Waals surface area contributed by atoms with Crippen LogP contribution in [0.1, 0.15) is 43.0 Å². The zero-order chi connectivity index (χ0) is 15.0. The zero-order valence-electron chi connectivity index (χ0n) is 12.9. The molecule has 1 aliphatic rings. The van der Waals surface area contributed by atoms with Gasteiger partial charge in [-0.15, -0.1) is 11.3 Å². The third-order valence-electron chi connectivity index (χ3n) is 4.88. The molecule has 0 aromatic carbocycles. The highest BCUT2D eigenvalue weighted by Gasteiger charge is 2.34. The number of aromatic nitrogens is 2. The lowest BCUT2D eigenvalue weighted by Gasteiger charge is -2.39. The van der Waals surface area contributed by atoms with Crippen LogP contribution in [0.5, 0.6) is 0 Å². The maximum absolute atomic E-state index is 9.93. The minimum atomic E-state index is -0.226. The Morgan fingerprint density at radius 2 is 2.05 bits per heavy atom. The van der Waals surface area contributed by atoms with Crippen LogP contribution in [0.4, 0.5) is 5.82 Å². The number of hydrogen-bond acceptors (Lipinski definition) is 5. The predicted octanol–water partition coefficient (Wildman–Crippen LogP) is 3.66. The second-order valence-corrected chi connectivity index (χ2v) is 7.63. The Morgan fingerprint density at radius 3 is 2.71 bits per heavy atom. The van der Waals surface area contributed by atoms with E-state index >= 15 is 0 Å². The summed E-state index contributed by atoms with van der Waals surface area (Å²) < 4.78 is 0. The molecule has 2 heterocycles. The first-order valence-corrected chi connectivity index (χ1v) is 8.46. The first-order valence-electron chi connectivity index (χ1n) is 7.64. The van der Waals surface area contributed by atoms with Crippen LogP contribution >= 0.6 is 11.3 Å². The molecule has 0 aliphatic heterocycles. The van der Waals surface area contributed by atoms with E-state index in [4.69, 9.17) is 0 Å². The van der Waals surface area contributed by atoms with Gasteiger partial charge < -0.3 is 10.4 Å². The number of anilines is 1. The van der Waals surface area contributed by atoms with Crippen molar-refractivity contribution in [3.63, 3.8) is 0 Å². The van der Waals surface area contributed by atoms with Gasteiger partial charge in [0.2, 0.25) is 0 Å². The minimum absolute atomic E-state index is 0.160. The van der Waals surface area contributed by atoms with E-state index in [2.05, 4.69) is 36.1 Å². The van der Waals surface area contributed by atoms with Crippen molar-refractivity contribution in [3.8, 4) is 0 Å². The lowest BCUT2D eigenvalue weighted by Crippen LogP contribution is -2.45. The molecular formula is C16H23N3OS. The van der Waals surface area contributed by atoms with Crippen molar-refractivity contribution in [1.82, 2.24) is 9.97 Å². The summed E-state index contributed by atoms with van der Waals surface area (Å²) in [6, 6.07) is 0. The van der Waals surface area contributed by atoms with Crippen LogP contribution < -0.4 is 5.32 Å². The van der Waals surface area contributed by atoms with Gasteiger partial charge in [0, 0.05) is 4.88 Å². The fraction of sp³-hybridized carbons (Fsp3) is 0.625. The molecule has 1 aliphatic carbocycles. The van der Waals surface area contributed by atoms with Crippen LogP contribution in [0.2, 0.25) is 0 Å². The molecule has 0 unspecified atom stereocenters. The van der Waals surface area contributed by atoms with E-state index in [1.807, 2.05) is 0 Å². The molecule has 0 bridgehead atoms. The second kappa shape index (κ2) is 5.54. The van der Waals surface area contributed by atoms with Gasteiger partial charge in [-0.1, -0.05) is 6.92 Å². The molecule has 4 nitrogen and oxygen atoms in total. The average molecular weight is 305 g/mol. The molecule has 0 amide bonds. The number of aryl methyl sites for hydroxylation is 2. The minimum Gasteiger partial charge on any atom is -0.394 e. The molecule has 5 heteroatoms. The van der Waals surface area contributed by atoms with Gasteiger partial charge in [-0.25, -0.2) is 9.97 Å². The monoisotopic (exact) mass is 305 g/mol. The van der Waals surface area contributed by atoms with Crippen LogP contribution in [-0.2, 0) is 0 Å². The molecule has 2 aromatic heterocycles. The van der Waals surface area contributed by atoms with Crippen molar-refractivity contribution in [3.05, 3.63) is 16.8 Å². The summed E-state index contributed by atoms with van der Waals surface area (Å²) in [7, 11) is 0. The Labute approximate surface area is 129 Å². The molecule has 0 radical (unpaired) electrons. The fourth-order valence-corrected chi connectivity index (χ4v) is 4.16. The van der Waals surface area contributed by atoms with E-state index in [0.29, 0.717) is 0 Å². The summed E-state index contributed by atoms with van der Waals surface area (Å²) in [5.41, 5.74) is 1.02. The van der Waals surface area contributed by atoms with Crippen LogP contribution in [0, 0.1) is 19.8 Å². The molecule has 0 atom stereocenters. The lowest BCUT2D eigenvalue weighted by atomic mass is 9.77. The highest BCUT2D eigenvalue weighted by atomic mass is 32.1. The topological polar surface area (TPSA) is 58.0 Å². The third kappa shape index (κ3) is 2.64. The Balaban J connectivity index is 1.97. The number of aliphatic hydroxyl groups excluding tert-OH is 1. The summed E-state index contributed by atoms with van der Waals surface area (Å²) in [5.74, 6) is 1.63. The maximum atomic E-state index is 9.93. The van der Waals surface area contributed by atoms with Gasteiger partial charge in [0.15, 0.2) is 0 Å². The summed E-state index contributed by atoms with van der Waals surface area (Å²) >= 11 is 1.71. The largest absolute Gasteiger partial charge is 0.394 e. The molecule has 21 heavy (non-hydrogen) atoms. The van der Waals surface area contributed by atoms with Gasteiger partial charge in [0.25, 0.3) is 0 Å². The molecular weight excluding hydrogens is 282 g/mol. The molecule has 0 spiro atoms. The predicted molar refractivity (Wildman–Crippen MR) is 88.0 cm³/mol. The number of fused-ring (bicyclic) bond motifs is 1. The summed E-state index contributed by atoms with van der Waals surface area (Å²) in [4.78, 5) is 11.2. The van der Waals surface area contributed by atoms with Crippen LogP contribution in [0.15, 0.2) is 6.33 Å². The smallest absolute Gasteiger partial charge is 0.138 e. The summed E-state index contributed by atoms with van der Waals surface area (Å²) in [6.45, 7) is 6.69. The van der Waals surface area contributed by atoms with Crippen molar-refractivity contribution in [2.45, 2.75) is 52.0 Å². The highest BCUT2D eigenvalue weighted by molar-refractivity contribution is 7.18. The first kappa shape index (κ1) is 14.7. The van der Waals surface area contributed by atoms with E-state index in [-0.39, 0.29) is 12.1 Å². The van der Waals surface area contributed by atoms with Gasteiger partial charge in [0.1, 0.15) is 17.0 Å². The van der Waals surface area contributed by atoms with E-state index in [1.165, 1.54) is 10.4 Å². The van der Waals surface area contributed by atoms with Gasteiger partial charge >= 0.3 is 0 Å². The normalized spacial score (nSPS) is 26.2. The standard InChI is InChI=1S/C16H23N3OS/c1-10-4-6-16(8-20,7-5-10)19-14-13-11(2)12(3)21-15(13)18-9-17-14/h9-10,20H,4-8H2,1-3H3,(H,17,18,19). The second-order valence-electron chi connectivity index (χ2n) is 6.43. The van der Waals surface area contributed by atoms with Crippen LogP contribution in [0.3, 0.4) is 0 Å². The van der Waals surface area contributed by atoms with Crippen molar-refractivity contribution < 1.29 is 5.11 Å². The number of nitrogens with zero attached hydrogens (tertiary/aromatic N) is 2. The zero-order valence-corrected chi connectivity index (χ0v) is 13.8. The highest BCUT2D eigenvalue weighted by Crippen LogP contribution is 2.38. The molecule has 2 N–H and O–H groups in total. The third-order valence-corrected chi connectivity index (χ3v) is 6.00. The van der Waals surface area contributed by atoms with E-state index in [1.54, 1.807) is 17.7 Å². The van der Waals surface area contributed by atoms with Gasteiger partial charge in [-0.3, -0.25) is 0 Å². The Morgan fingerprint density at radius 1 is 1.33 bits per heavy atom. The molecule has 1 saturated carbocycles. The average Bonchev–Trinajstić information content (AvgIpc) is 2.78. The van der Waals surface area contributed by atoms with Crippen molar-refractivity contribution in [2.75, 3.05) is 11.9 Å². The van der Waals surface area contributed by atoms with E-state index in [9.17, 15) is 5.11 Å². The number of aliphatic hydroxyl groups is 1. The Bertz CT molecular complexity index is 644. The first-order chi connectivity index (χ1) is 10.0. The molecule has 3 rings (SSSR count). The van der Waals surface area contributed by atoms with Gasteiger partial charge in [-0.05, 0) is 51.0 Å². The Kier molecular flexibility index (Phi) is 3.88. The number of rotatable bonds is 3. The van der Waals surface area contributed by atoms with Crippen LogP contribution in [-0.4, -0.2) is 27.2 Å². The van der Waals surface area contributed by atoms with Crippen LogP contribution in [0.25, 0.3) is 10.2 Å². The molecule has 1 fully saturated rings. The SMILES string of the molecule is Cc1sc2ncnc(NC3(CO)CCC(C)CC3)c2c1C. The maximum Gasteiger partial charge on any atom is 0.138 e. The van der Waals surface area contributed by atoms with Crippen molar-refractivity contribution in [2.24, 2.45) is 5.92 Å². The number of nitrogens with one attached hydrogen (secondary N) is 1. The molecule has 0 saturated heterocycles. The number of thiophene rings is 1. The van der Waals surface area contributed by atoms with Crippen molar-refractivity contribution >= 4 is 27.4 Å². The van der Waals surface area contributed by atoms with Gasteiger partial charge in [-0.2, -0.15) is 0 Å². The Hall–Kier alpha value is -1.20.